The van der Waals surface area contributed by atoms with E-state index in [0.29, 0.717) is 0 Å². The molecule has 1 aliphatic heterocycles. The Hall–Kier alpha value is -1.35. The predicted molar refractivity (Wildman–Crippen MR) is 78.2 cm³/mol. The van der Waals surface area contributed by atoms with Crippen LogP contribution < -0.4 is 5.32 Å². The fourth-order valence-electron chi connectivity index (χ4n) is 2.85. The van der Waals surface area contributed by atoms with Crippen molar-refractivity contribution in [1.29, 1.82) is 0 Å². The summed E-state index contributed by atoms with van der Waals surface area (Å²) in [6, 6.07) is 4.87. The van der Waals surface area contributed by atoms with Gasteiger partial charge >= 0.3 is 0 Å². The molecule has 0 fully saturated rings. The number of benzene rings is 1. The summed E-state index contributed by atoms with van der Waals surface area (Å²) in [5, 5.41) is 2.95. The summed E-state index contributed by atoms with van der Waals surface area (Å²) in [7, 11) is 0. The summed E-state index contributed by atoms with van der Waals surface area (Å²) in [5.41, 5.74) is 5.70. The van der Waals surface area contributed by atoms with Crippen LogP contribution in [0.5, 0.6) is 0 Å². The zero-order chi connectivity index (χ0) is 14.0. The molecule has 0 unspecified atom stereocenters. The standard InChI is InChI=1S/C16H24N2O/c1-11-7-15-5-6-18(9-13(3)17-14(4)19)10-16(15)8-12(11)2/h7-8,13H,5-6,9-10H2,1-4H3,(H,17,19)/t13-/m0/s1. The van der Waals surface area contributed by atoms with Gasteiger partial charge in [0.15, 0.2) is 0 Å². The molecule has 0 saturated heterocycles. The molecular weight excluding hydrogens is 236 g/mol. The van der Waals surface area contributed by atoms with E-state index in [4.69, 9.17) is 0 Å². The molecule has 0 saturated carbocycles. The molecule has 1 atom stereocenters. The Morgan fingerprint density at radius 2 is 1.95 bits per heavy atom. The Labute approximate surface area is 116 Å². The summed E-state index contributed by atoms with van der Waals surface area (Å²) in [6.45, 7) is 11.0. The summed E-state index contributed by atoms with van der Waals surface area (Å²) in [6.07, 6.45) is 1.11. The van der Waals surface area contributed by atoms with Crippen LogP contribution in [0, 0.1) is 13.8 Å². The van der Waals surface area contributed by atoms with Gasteiger partial charge in [0.2, 0.25) is 5.91 Å². The van der Waals surface area contributed by atoms with Crippen molar-refractivity contribution in [3.8, 4) is 0 Å². The Balaban J connectivity index is 2.01. The van der Waals surface area contributed by atoms with Crippen molar-refractivity contribution in [3.63, 3.8) is 0 Å². The number of fused-ring (bicyclic) bond motifs is 1. The Morgan fingerprint density at radius 3 is 2.58 bits per heavy atom. The van der Waals surface area contributed by atoms with Crippen molar-refractivity contribution in [1.82, 2.24) is 10.2 Å². The molecule has 0 aliphatic carbocycles. The highest BCUT2D eigenvalue weighted by Crippen LogP contribution is 2.22. The lowest BCUT2D eigenvalue weighted by Gasteiger charge is -2.31. The van der Waals surface area contributed by atoms with E-state index in [2.05, 4.69) is 43.1 Å². The van der Waals surface area contributed by atoms with Crippen LogP contribution in [0.25, 0.3) is 0 Å². The van der Waals surface area contributed by atoms with Crippen molar-refractivity contribution >= 4 is 5.91 Å². The zero-order valence-corrected chi connectivity index (χ0v) is 12.4. The highest BCUT2D eigenvalue weighted by molar-refractivity contribution is 5.73. The van der Waals surface area contributed by atoms with E-state index >= 15 is 0 Å². The van der Waals surface area contributed by atoms with Gasteiger partial charge in [-0.25, -0.2) is 0 Å². The van der Waals surface area contributed by atoms with Gasteiger partial charge in [-0.3, -0.25) is 9.69 Å². The maximum absolute atomic E-state index is 11.0. The van der Waals surface area contributed by atoms with E-state index in [1.165, 1.54) is 22.3 Å². The normalized spacial score (nSPS) is 16.8. The van der Waals surface area contributed by atoms with Crippen molar-refractivity contribution in [3.05, 3.63) is 34.4 Å². The zero-order valence-electron chi connectivity index (χ0n) is 12.4. The summed E-state index contributed by atoms with van der Waals surface area (Å²) < 4.78 is 0. The van der Waals surface area contributed by atoms with E-state index in [9.17, 15) is 4.79 Å². The van der Waals surface area contributed by atoms with Crippen molar-refractivity contribution in [2.45, 2.75) is 46.7 Å². The number of hydrogen-bond acceptors (Lipinski definition) is 2. The second-order valence-corrected chi connectivity index (χ2v) is 5.79. The second-order valence-electron chi connectivity index (χ2n) is 5.79. The number of hydrogen-bond donors (Lipinski definition) is 1. The largest absolute Gasteiger partial charge is 0.353 e. The number of carbonyl (C=O) groups excluding carboxylic acids is 1. The molecule has 0 radical (unpaired) electrons. The predicted octanol–water partition coefficient (Wildman–Crippen LogP) is 2.19. The molecule has 0 bridgehead atoms. The van der Waals surface area contributed by atoms with Crippen LogP contribution in [0.3, 0.4) is 0 Å². The van der Waals surface area contributed by atoms with Crippen LogP contribution in [-0.4, -0.2) is 29.9 Å². The molecule has 1 aromatic carbocycles. The number of amides is 1. The minimum atomic E-state index is 0.0522. The molecule has 1 N–H and O–H groups in total. The van der Waals surface area contributed by atoms with Crippen molar-refractivity contribution in [2.24, 2.45) is 0 Å². The van der Waals surface area contributed by atoms with Crippen LogP contribution in [0.15, 0.2) is 12.1 Å². The van der Waals surface area contributed by atoms with Gasteiger partial charge in [-0.2, -0.15) is 0 Å². The number of carbonyl (C=O) groups is 1. The highest BCUT2D eigenvalue weighted by atomic mass is 16.1. The van der Waals surface area contributed by atoms with E-state index in [-0.39, 0.29) is 11.9 Å². The molecule has 19 heavy (non-hydrogen) atoms. The molecule has 1 aliphatic rings. The van der Waals surface area contributed by atoms with Crippen LogP contribution in [0.1, 0.15) is 36.1 Å². The third-order valence-corrected chi connectivity index (χ3v) is 3.89. The first-order valence-corrected chi connectivity index (χ1v) is 7.04. The number of aryl methyl sites for hydroxylation is 2. The van der Waals surface area contributed by atoms with E-state index in [0.717, 1.165) is 26.1 Å². The van der Waals surface area contributed by atoms with Gasteiger partial charge in [0.1, 0.15) is 0 Å². The first-order valence-electron chi connectivity index (χ1n) is 7.04. The van der Waals surface area contributed by atoms with E-state index in [1.807, 2.05) is 0 Å². The maximum Gasteiger partial charge on any atom is 0.217 e. The van der Waals surface area contributed by atoms with E-state index < -0.39 is 0 Å². The lowest BCUT2D eigenvalue weighted by atomic mass is 9.94. The minimum absolute atomic E-state index is 0.0522. The summed E-state index contributed by atoms with van der Waals surface area (Å²) in [5.74, 6) is 0.0522. The van der Waals surface area contributed by atoms with Crippen molar-refractivity contribution < 1.29 is 4.79 Å². The van der Waals surface area contributed by atoms with Crippen molar-refractivity contribution in [2.75, 3.05) is 13.1 Å². The fraction of sp³-hybridized carbons (Fsp3) is 0.562. The third kappa shape index (κ3) is 3.57. The van der Waals surface area contributed by atoms with Crippen LogP contribution in [0.4, 0.5) is 0 Å². The van der Waals surface area contributed by atoms with Crippen LogP contribution in [0.2, 0.25) is 0 Å². The van der Waals surface area contributed by atoms with Gasteiger partial charge in [0.25, 0.3) is 0 Å². The Morgan fingerprint density at radius 1 is 1.32 bits per heavy atom. The number of nitrogens with one attached hydrogen (secondary N) is 1. The lowest BCUT2D eigenvalue weighted by Crippen LogP contribution is -2.43. The van der Waals surface area contributed by atoms with Gasteiger partial charge in [-0.15, -0.1) is 0 Å². The number of rotatable bonds is 3. The first-order chi connectivity index (χ1) is 8.95. The molecule has 3 heteroatoms. The first kappa shape index (κ1) is 14.1. The lowest BCUT2D eigenvalue weighted by molar-refractivity contribution is -0.119. The molecule has 0 spiro atoms. The SMILES string of the molecule is CC(=O)N[C@@H](C)CN1CCc2cc(C)c(C)cc2C1. The summed E-state index contributed by atoms with van der Waals surface area (Å²) >= 11 is 0. The van der Waals surface area contributed by atoms with Gasteiger partial charge in [-0.05, 0) is 49.4 Å². The molecule has 1 aromatic rings. The maximum atomic E-state index is 11.0. The molecule has 3 nitrogen and oxygen atoms in total. The quantitative estimate of drug-likeness (QED) is 0.903. The fourth-order valence-corrected chi connectivity index (χ4v) is 2.85. The number of nitrogens with zero attached hydrogens (tertiary/aromatic N) is 1. The van der Waals surface area contributed by atoms with Crippen LogP contribution >= 0.6 is 0 Å². The van der Waals surface area contributed by atoms with Gasteiger partial charge in [-0.1, -0.05) is 12.1 Å². The molecule has 2 rings (SSSR count). The van der Waals surface area contributed by atoms with E-state index in [1.54, 1.807) is 6.92 Å². The monoisotopic (exact) mass is 260 g/mol. The topological polar surface area (TPSA) is 32.3 Å². The Kier molecular flexibility index (Phi) is 4.25. The molecule has 1 amide bonds. The van der Waals surface area contributed by atoms with Gasteiger partial charge in [0, 0.05) is 32.6 Å². The molecule has 1 heterocycles. The molecular formula is C16H24N2O. The average Bonchev–Trinajstić information content (AvgIpc) is 2.30. The Bertz CT molecular complexity index is 482. The van der Waals surface area contributed by atoms with Gasteiger partial charge in [0.05, 0.1) is 0 Å². The summed E-state index contributed by atoms with van der Waals surface area (Å²) in [4.78, 5) is 13.5. The van der Waals surface area contributed by atoms with Crippen LogP contribution in [-0.2, 0) is 17.8 Å². The smallest absolute Gasteiger partial charge is 0.217 e. The molecule has 0 aromatic heterocycles. The second kappa shape index (κ2) is 5.74. The highest BCUT2D eigenvalue weighted by Gasteiger charge is 2.18. The van der Waals surface area contributed by atoms with Gasteiger partial charge < -0.3 is 5.32 Å². The average molecular weight is 260 g/mol. The molecule has 104 valence electrons. The minimum Gasteiger partial charge on any atom is -0.353 e. The third-order valence-electron chi connectivity index (χ3n) is 3.89.